The highest BCUT2D eigenvalue weighted by Gasteiger charge is 2.30. The molecule has 1 fully saturated rings. The van der Waals surface area contributed by atoms with Crippen LogP contribution in [0, 0.1) is 12.8 Å². The predicted octanol–water partition coefficient (Wildman–Crippen LogP) is 1.22. The van der Waals surface area contributed by atoms with Crippen molar-refractivity contribution < 1.29 is 18.0 Å². The number of hydrogen-bond donors (Lipinski definition) is 1. The summed E-state index contributed by atoms with van der Waals surface area (Å²) in [4.78, 5) is 25.4. The van der Waals surface area contributed by atoms with Crippen LogP contribution in [-0.4, -0.2) is 50.2 Å². The summed E-state index contributed by atoms with van der Waals surface area (Å²) >= 11 is 0. The molecule has 2 rings (SSSR count). The number of sulfone groups is 1. The van der Waals surface area contributed by atoms with E-state index in [1.54, 1.807) is 19.2 Å². The first kappa shape index (κ1) is 17.5. The van der Waals surface area contributed by atoms with Crippen molar-refractivity contribution in [2.24, 2.45) is 5.92 Å². The molecule has 0 saturated carbocycles. The van der Waals surface area contributed by atoms with E-state index < -0.39 is 9.84 Å². The molecular formula is C16H22N2O4S. The average Bonchev–Trinajstić information content (AvgIpc) is 2.80. The van der Waals surface area contributed by atoms with E-state index in [-0.39, 0.29) is 42.2 Å². The molecule has 0 radical (unpaired) electrons. The minimum atomic E-state index is -2.98. The normalized spacial score (nSPS) is 19.3. The number of benzene rings is 1. The van der Waals surface area contributed by atoms with Crippen molar-refractivity contribution >= 4 is 27.3 Å². The third-order valence-corrected chi connectivity index (χ3v) is 5.77. The maximum atomic E-state index is 12.1. The minimum Gasteiger partial charge on any atom is -0.336 e. The third kappa shape index (κ3) is 5.35. The van der Waals surface area contributed by atoms with E-state index in [0.29, 0.717) is 12.1 Å². The molecule has 126 valence electrons. The molecule has 0 aromatic heterocycles. The second-order valence-corrected chi connectivity index (χ2v) is 8.37. The zero-order chi connectivity index (χ0) is 17.0. The van der Waals surface area contributed by atoms with E-state index in [9.17, 15) is 18.0 Å². The Labute approximate surface area is 136 Å². The zero-order valence-electron chi connectivity index (χ0n) is 13.4. The van der Waals surface area contributed by atoms with Gasteiger partial charge in [0, 0.05) is 19.2 Å². The van der Waals surface area contributed by atoms with Gasteiger partial charge in [-0.15, -0.1) is 0 Å². The molecule has 2 amide bonds. The lowest BCUT2D eigenvalue weighted by Gasteiger charge is -2.18. The predicted molar refractivity (Wildman–Crippen MR) is 88.8 cm³/mol. The number of carbonyl (C=O) groups is 2. The van der Waals surface area contributed by atoms with Crippen molar-refractivity contribution in [2.45, 2.75) is 19.8 Å². The van der Waals surface area contributed by atoms with E-state index in [4.69, 9.17) is 0 Å². The highest BCUT2D eigenvalue weighted by Crippen LogP contribution is 2.22. The van der Waals surface area contributed by atoms with E-state index in [0.717, 1.165) is 5.56 Å². The SMILES string of the molecule is Cc1ccc(NC(=O)CN(C)C(=O)C[C@@H]2CCS(=O)(=O)C2)cc1. The van der Waals surface area contributed by atoms with Crippen LogP contribution < -0.4 is 5.32 Å². The van der Waals surface area contributed by atoms with Gasteiger partial charge in [-0.05, 0) is 31.4 Å². The van der Waals surface area contributed by atoms with Crippen LogP contribution >= 0.6 is 0 Å². The molecule has 0 spiro atoms. The van der Waals surface area contributed by atoms with Crippen LogP contribution in [0.25, 0.3) is 0 Å². The molecule has 0 bridgehead atoms. The molecule has 1 atom stereocenters. The van der Waals surface area contributed by atoms with Gasteiger partial charge in [0.1, 0.15) is 0 Å². The number of hydrogen-bond acceptors (Lipinski definition) is 4. The van der Waals surface area contributed by atoms with Crippen LogP contribution in [0.4, 0.5) is 5.69 Å². The van der Waals surface area contributed by atoms with Gasteiger partial charge in [0.15, 0.2) is 9.84 Å². The second kappa shape index (κ2) is 7.12. The molecule has 1 heterocycles. The second-order valence-electron chi connectivity index (χ2n) is 6.14. The highest BCUT2D eigenvalue weighted by atomic mass is 32.2. The monoisotopic (exact) mass is 338 g/mol. The van der Waals surface area contributed by atoms with E-state index in [1.165, 1.54) is 4.90 Å². The summed E-state index contributed by atoms with van der Waals surface area (Å²) in [5.74, 6) is -0.380. The fraction of sp³-hybridized carbons (Fsp3) is 0.500. The average molecular weight is 338 g/mol. The Morgan fingerprint density at radius 1 is 1.26 bits per heavy atom. The molecule has 1 aromatic rings. The molecule has 1 N–H and O–H groups in total. The maximum absolute atomic E-state index is 12.1. The van der Waals surface area contributed by atoms with Crippen LogP contribution in [0.3, 0.4) is 0 Å². The minimum absolute atomic E-state index is 0.0494. The lowest BCUT2D eigenvalue weighted by atomic mass is 10.0. The van der Waals surface area contributed by atoms with Crippen LogP contribution in [0.15, 0.2) is 24.3 Å². The quantitative estimate of drug-likeness (QED) is 0.875. The highest BCUT2D eigenvalue weighted by molar-refractivity contribution is 7.91. The van der Waals surface area contributed by atoms with E-state index >= 15 is 0 Å². The van der Waals surface area contributed by atoms with Gasteiger partial charge >= 0.3 is 0 Å². The Hall–Kier alpha value is -1.89. The molecule has 1 saturated heterocycles. The topological polar surface area (TPSA) is 83.6 Å². The van der Waals surface area contributed by atoms with Crippen molar-refractivity contribution in [3.8, 4) is 0 Å². The van der Waals surface area contributed by atoms with Crippen LogP contribution in [0.1, 0.15) is 18.4 Å². The van der Waals surface area contributed by atoms with Crippen LogP contribution in [0.2, 0.25) is 0 Å². The first-order chi connectivity index (χ1) is 10.7. The molecule has 1 aliphatic rings. The Bertz CT molecular complexity index is 683. The fourth-order valence-corrected chi connectivity index (χ4v) is 4.44. The van der Waals surface area contributed by atoms with Gasteiger partial charge < -0.3 is 10.2 Å². The van der Waals surface area contributed by atoms with E-state index in [2.05, 4.69) is 5.32 Å². The number of likely N-dealkylation sites (N-methyl/N-ethyl adjacent to an activating group) is 1. The lowest BCUT2D eigenvalue weighted by Crippen LogP contribution is -2.35. The summed E-state index contributed by atoms with van der Waals surface area (Å²) in [6.07, 6.45) is 0.699. The molecule has 0 aliphatic carbocycles. The fourth-order valence-electron chi connectivity index (χ4n) is 2.58. The number of carbonyl (C=O) groups excluding carboxylic acids is 2. The van der Waals surface area contributed by atoms with Crippen molar-refractivity contribution in [1.29, 1.82) is 0 Å². The summed E-state index contributed by atoms with van der Waals surface area (Å²) in [5, 5.41) is 2.73. The van der Waals surface area contributed by atoms with Crippen LogP contribution in [0.5, 0.6) is 0 Å². The number of anilines is 1. The summed E-state index contributed by atoms with van der Waals surface area (Å²) < 4.78 is 22.8. The van der Waals surface area contributed by atoms with Gasteiger partial charge in [-0.3, -0.25) is 9.59 Å². The standard InChI is InChI=1S/C16H22N2O4S/c1-12-3-5-14(6-4-12)17-15(19)10-18(2)16(20)9-13-7-8-23(21,22)11-13/h3-6,13H,7-11H2,1-2H3,(H,17,19)/t13-/m0/s1. The molecule has 23 heavy (non-hydrogen) atoms. The third-order valence-electron chi connectivity index (χ3n) is 3.93. The molecule has 6 nitrogen and oxygen atoms in total. The number of amides is 2. The first-order valence-electron chi connectivity index (χ1n) is 7.56. The lowest BCUT2D eigenvalue weighted by molar-refractivity contribution is -0.134. The number of rotatable bonds is 5. The summed E-state index contributed by atoms with van der Waals surface area (Å²) in [7, 11) is -1.43. The molecule has 1 aromatic carbocycles. The van der Waals surface area contributed by atoms with Crippen molar-refractivity contribution in [3.63, 3.8) is 0 Å². The molecule has 0 unspecified atom stereocenters. The Morgan fingerprint density at radius 2 is 1.91 bits per heavy atom. The van der Waals surface area contributed by atoms with Gasteiger partial charge in [-0.1, -0.05) is 17.7 Å². The molecular weight excluding hydrogens is 316 g/mol. The van der Waals surface area contributed by atoms with Crippen LogP contribution in [-0.2, 0) is 19.4 Å². The largest absolute Gasteiger partial charge is 0.336 e. The van der Waals surface area contributed by atoms with Gasteiger partial charge in [0.25, 0.3) is 0 Å². The summed E-state index contributed by atoms with van der Waals surface area (Å²) in [6.45, 7) is 1.91. The zero-order valence-corrected chi connectivity index (χ0v) is 14.2. The molecule has 7 heteroatoms. The van der Waals surface area contributed by atoms with Crippen molar-refractivity contribution in [1.82, 2.24) is 4.90 Å². The van der Waals surface area contributed by atoms with Gasteiger partial charge in [-0.25, -0.2) is 8.42 Å². The Balaban J connectivity index is 1.81. The Kier molecular flexibility index (Phi) is 5.41. The smallest absolute Gasteiger partial charge is 0.243 e. The van der Waals surface area contributed by atoms with Crippen molar-refractivity contribution in [3.05, 3.63) is 29.8 Å². The summed E-state index contributed by atoms with van der Waals surface area (Å²) in [6, 6.07) is 7.40. The number of aryl methyl sites for hydroxylation is 1. The van der Waals surface area contributed by atoms with Crippen molar-refractivity contribution in [2.75, 3.05) is 30.4 Å². The van der Waals surface area contributed by atoms with Gasteiger partial charge in [-0.2, -0.15) is 0 Å². The maximum Gasteiger partial charge on any atom is 0.243 e. The van der Waals surface area contributed by atoms with E-state index in [1.807, 2.05) is 19.1 Å². The van der Waals surface area contributed by atoms with Gasteiger partial charge in [0.05, 0.1) is 18.1 Å². The number of nitrogens with one attached hydrogen (secondary N) is 1. The Morgan fingerprint density at radius 3 is 2.48 bits per heavy atom. The number of nitrogens with zero attached hydrogens (tertiary/aromatic N) is 1. The first-order valence-corrected chi connectivity index (χ1v) is 9.38. The summed E-state index contributed by atoms with van der Waals surface area (Å²) in [5.41, 5.74) is 1.78. The van der Waals surface area contributed by atoms with Gasteiger partial charge in [0.2, 0.25) is 11.8 Å². The molecule has 1 aliphatic heterocycles.